The Morgan fingerprint density at radius 2 is 1.64 bits per heavy atom. The van der Waals surface area contributed by atoms with Crippen molar-refractivity contribution in [3.05, 3.63) is 68.7 Å². The van der Waals surface area contributed by atoms with Crippen LogP contribution in [0.25, 0.3) is 6.08 Å². The summed E-state index contributed by atoms with van der Waals surface area (Å²) in [6.07, 6.45) is 3.19. The van der Waals surface area contributed by atoms with Gasteiger partial charge in [0.15, 0.2) is 0 Å². The molecule has 0 aromatic heterocycles. The lowest BCUT2D eigenvalue weighted by atomic mass is 10.1. The molecule has 2 aromatic carbocycles. The smallest absolute Gasteiger partial charge is 0.248 e. The normalized spacial score (nSPS) is 11.0. The fraction of sp³-hybridized carbons (Fsp3) is 0.167. The van der Waals surface area contributed by atoms with Crippen molar-refractivity contribution in [2.75, 3.05) is 5.32 Å². The molecule has 0 bridgehead atoms. The third-order valence-corrected chi connectivity index (χ3v) is 4.04. The van der Waals surface area contributed by atoms with Crippen LogP contribution in [0.4, 0.5) is 5.69 Å². The van der Waals surface area contributed by atoms with Gasteiger partial charge in [0.25, 0.3) is 0 Å². The molecule has 0 aliphatic carbocycles. The molecule has 0 aliphatic rings. The number of benzene rings is 2. The Bertz CT molecular complexity index is 728. The molecule has 0 fully saturated rings. The molecule has 4 heteroatoms. The number of nitrogens with one attached hydrogen (secondary N) is 1. The standard InChI is InChI=1S/C18H17Cl2NO/c1-11-8-12(2)18(13(3)9-11)21-17(22)7-5-14-4-6-15(19)16(20)10-14/h4-10H,1-3H3,(H,21,22)/b7-5+. The average Bonchev–Trinajstić information content (AvgIpc) is 2.44. The Hall–Kier alpha value is -1.77. The van der Waals surface area contributed by atoms with E-state index in [1.807, 2.05) is 32.9 Å². The van der Waals surface area contributed by atoms with Crippen LogP contribution in [-0.2, 0) is 4.79 Å². The van der Waals surface area contributed by atoms with Crippen molar-refractivity contribution in [2.45, 2.75) is 20.8 Å². The molecule has 2 rings (SSSR count). The lowest BCUT2D eigenvalue weighted by Gasteiger charge is -2.11. The summed E-state index contributed by atoms with van der Waals surface area (Å²) in [5.41, 5.74) is 4.96. The number of hydrogen-bond donors (Lipinski definition) is 1. The van der Waals surface area contributed by atoms with Gasteiger partial charge in [-0.3, -0.25) is 4.79 Å². The van der Waals surface area contributed by atoms with Gasteiger partial charge >= 0.3 is 0 Å². The minimum absolute atomic E-state index is 0.180. The largest absolute Gasteiger partial charge is 0.322 e. The highest BCUT2D eigenvalue weighted by Gasteiger charge is 2.06. The SMILES string of the molecule is Cc1cc(C)c(NC(=O)/C=C/c2ccc(Cl)c(Cl)c2)c(C)c1. The van der Waals surface area contributed by atoms with Crippen molar-refractivity contribution >= 4 is 40.9 Å². The summed E-state index contributed by atoms with van der Waals surface area (Å²) in [5, 5.41) is 3.88. The Morgan fingerprint density at radius 1 is 1.00 bits per heavy atom. The molecule has 2 aromatic rings. The van der Waals surface area contributed by atoms with Crippen LogP contribution in [-0.4, -0.2) is 5.91 Å². The van der Waals surface area contributed by atoms with Crippen molar-refractivity contribution in [1.82, 2.24) is 0 Å². The summed E-state index contributed by atoms with van der Waals surface area (Å²) in [6.45, 7) is 6.01. The van der Waals surface area contributed by atoms with E-state index >= 15 is 0 Å². The summed E-state index contributed by atoms with van der Waals surface area (Å²) in [5.74, 6) is -0.180. The van der Waals surface area contributed by atoms with Gasteiger partial charge in [-0.05, 0) is 55.7 Å². The molecule has 0 radical (unpaired) electrons. The summed E-state index contributed by atoms with van der Waals surface area (Å²) in [4.78, 5) is 12.1. The zero-order chi connectivity index (χ0) is 16.3. The highest BCUT2D eigenvalue weighted by Crippen LogP contribution is 2.24. The lowest BCUT2D eigenvalue weighted by molar-refractivity contribution is -0.111. The zero-order valence-corrected chi connectivity index (χ0v) is 14.2. The van der Waals surface area contributed by atoms with E-state index in [1.165, 1.54) is 11.6 Å². The summed E-state index contributed by atoms with van der Waals surface area (Å²) in [6, 6.07) is 9.32. The van der Waals surface area contributed by atoms with Gasteiger partial charge in [-0.1, -0.05) is 47.0 Å². The number of carbonyl (C=O) groups is 1. The van der Waals surface area contributed by atoms with Crippen LogP contribution in [0.2, 0.25) is 10.0 Å². The van der Waals surface area contributed by atoms with Gasteiger partial charge in [0, 0.05) is 11.8 Å². The van der Waals surface area contributed by atoms with E-state index in [9.17, 15) is 4.79 Å². The van der Waals surface area contributed by atoms with E-state index < -0.39 is 0 Å². The van der Waals surface area contributed by atoms with Gasteiger partial charge < -0.3 is 5.32 Å². The molecule has 0 heterocycles. The van der Waals surface area contributed by atoms with E-state index in [-0.39, 0.29) is 5.91 Å². The van der Waals surface area contributed by atoms with Crippen LogP contribution in [0.15, 0.2) is 36.4 Å². The van der Waals surface area contributed by atoms with Gasteiger partial charge in [-0.25, -0.2) is 0 Å². The van der Waals surface area contributed by atoms with Crippen molar-refractivity contribution in [3.63, 3.8) is 0 Å². The molecule has 2 nitrogen and oxygen atoms in total. The molecule has 1 N–H and O–H groups in total. The van der Waals surface area contributed by atoms with Crippen molar-refractivity contribution in [1.29, 1.82) is 0 Å². The zero-order valence-electron chi connectivity index (χ0n) is 12.7. The number of halogens is 2. The quantitative estimate of drug-likeness (QED) is 0.731. The second-order valence-electron chi connectivity index (χ2n) is 5.27. The van der Waals surface area contributed by atoms with E-state index in [4.69, 9.17) is 23.2 Å². The molecule has 114 valence electrons. The molecular formula is C18H17Cl2NO. The highest BCUT2D eigenvalue weighted by atomic mass is 35.5. The Kier molecular flexibility index (Phi) is 5.28. The second kappa shape index (κ2) is 6.99. The predicted octanol–water partition coefficient (Wildman–Crippen LogP) is 5.57. The third-order valence-electron chi connectivity index (χ3n) is 3.30. The number of amides is 1. The maximum absolute atomic E-state index is 12.1. The molecule has 0 saturated carbocycles. The second-order valence-corrected chi connectivity index (χ2v) is 6.08. The maximum atomic E-state index is 12.1. The number of anilines is 1. The first-order valence-corrected chi connectivity index (χ1v) is 7.64. The van der Waals surface area contributed by atoms with E-state index in [2.05, 4.69) is 5.32 Å². The molecule has 1 amide bonds. The minimum Gasteiger partial charge on any atom is -0.322 e. The number of aryl methyl sites for hydroxylation is 3. The third kappa shape index (κ3) is 4.12. The summed E-state index contributed by atoms with van der Waals surface area (Å²) < 4.78 is 0. The Morgan fingerprint density at radius 3 is 2.23 bits per heavy atom. The minimum atomic E-state index is -0.180. The van der Waals surface area contributed by atoms with Crippen molar-refractivity contribution in [2.24, 2.45) is 0 Å². The predicted molar refractivity (Wildman–Crippen MR) is 94.8 cm³/mol. The molecule has 0 aliphatic heterocycles. The van der Waals surface area contributed by atoms with Crippen molar-refractivity contribution in [3.8, 4) is 0 Å². The molecule has 0 saturated heterocycles. The van der Waals surface area contributed by atoms with Gasteiger partial charge in [-0.2, -0.15) is 0 Å². The fourth-order valence-electron chi connectivity index (χ4n) is 2.33. The maximum Gasteiger partial charge on any atom is 0.248 e. The van der Waals surface area contributed by atoms with E-state index in [0.717, 1.165) is 22.4 Å². The molecular weight excluding hydrogens is 317 g/mol. The van der Waals surface area contributed by atoms with Crippen LogP contribution in [0.1, 0.15) is 22.3 Å². The van der Waals surface area contributed by atoms with Gasteiger partial charge in [0.1, 0.15) is 0 Å². The summed E-state index contributed by atoms with van der Waals surface area (Å²) >= 11 is 11.8. The van der Waals surface area contributed by atoms with E-state index in [1.54, 1.807) is 24.3 Å². The van der Waals surface area contributed by atoms with Crippen LogP contribution < -0.4 is 5.32 Å². The average molecular weight is 334 g/mol. The number of carbonyl (C=O) groups excluding carboxylic acids is 1. The Labute approximate surface area is 140 Å². The first-order chi connectivity index (χ1) is 10.4. The van der Waals surface area contributed by atoms with Crippen LogP contribution in [0.3, 0.4) is 0 Å². The lowest BCUT2D eigenvalue weighted by Crippen LogP contribution is -2.10. The summed E-state index contributed by atoms with van der Waals surface area (Å²) in [7, 11) is 0. The molecule has 0 atom stereocenters. The molecule has 0 spiro atoms. The topological polar surface area (TPSA) is 29.1 Å². The molecule has 22 heavy (non-hydrogen) atoms. The van der Waals surface area contributed by atoms with Crippen LogP contribution >= 0.6 is 23.2 Å². The van der Waals surface area contributed by atoms with Gasteiger partial charge in [-0.15, -0.1) is 0 Å². The van der Waals surface area contributed by atoms with Gasteiger partial charge in [0.2, 0.25) is 5.91 Å². The van der Waals surface area contributed by atoms with Crippen LogP contribution in [0.5, 0.6) is 0 Å². The molecule has 0 unspecified atom stereocenters. The van der Waals surface area contributed by atoms with E-state index in [0.29, 0.717) is 10.0 Å². The number of hydrogen-bond acceptors (Lipinski definition) is 1. The van der Waals surface area contributed by atoms with Crippen LogP contribution in [0, 0.1) is 20.8 Å². The first-order valence-electron chi connectivity index (χ1n) is 6.89. The van der Waals surface area contributed by atoms with Crippen molar-refractivity contribution < 1.29 is 4.79 Å². The van der Waals surface area contributed by atoms with Gasteiger partial charge in [0.05, 0.1) is 10.0 Å². The monoisotopic (exact) mass is 333 g/mol. The first kappa shape index (κ1) is 16.6. The Balaban J connectivity index is 2.13. The fourth-order valence-corrected chi connectivity index (χ4v) is 2.64. The highest BCUT2D eigenvalue weighted by molar-refractivity contribution is 6.42. The number of rotatable bonds is 3.